The van der Waals surface area contributed by atoms with Crippen LogP contribution in [0.5, 0.6) is 11.5 Å². The monoisotopic (exact) mass is 362 g/mol. The van der Waals surface area contributed by atoms with Crippen molar-refractivity contribution in [1.82, 2.24) is 5.01 Å². The van der Waals surface area contributed by atoms with Crippen molar-refractivity contribution >= 4 is 17.0 Å². The molecule has 0 N–H and O–H groups in total. The van der Waals surface area contributed by atoms with Crippen LogP contribution >= 0.6 is 11.3 Å². The molecule has 0 saturated carbocycles. The van der Waals surface area contributed by atoms with Crippen LogP contribution in [0.3, 0.4) is 0 Å². The highest BCUT2D eigenvalue weighted by Gasteiger charge is 2.41. The van der Waals surface area contributed by atoms with Crippen molar-refractivity contribution in [2.45, 2.75) is 18.7 Å². The van der Waals surface area contributed by atoms with Crippen molar-refractivity contribution in [2.75, 3.05) is 7.11 Å². The number of thiophene rings is 1. The molecule has 2 aliphatic heterocycles. The Labute approximate surface area is 156 Å². The van der Waals surface area contributed by atoms with E-state index in [1.54, 1.807) is 18.4 Å². The van der Waals surface area contributed by atoms with E-state index in [0.717, 1.165) is 29.2 Å². The lowest BCUT2D eigenvalue weighted by Gasteiger charge is -2.37. The summed E-state index contributed by atoms with van der Waals surface area (Å²) in [5.74, 6) is 1.81. The Morgan fingerprint density at radius 1 is 1.08 bits per heavy atom. The number of benzene rings is 2. The van der Waals surface area contributed by atoms with E-state index < -0.39 is 0 Å². The van der Waals surface area contributed by atoms with Gasteiger partial charge < -0.3 is 9.47 Å². The molecule has 0 bridgehead atoms. The maximum atomic E-state index is 6.32. The minimum Gasteiger partial charge on any atom is -0.497 e. The highest BCUT2D eigenvalue weighted by atomic mass is 32.1. The summed E-state index contributed by atoms with van der Waals surface area (Å²) >= 11 is 1.70. The largest absolute Gasteiger partial charge is 0.497 e. The lowest BCUT2D eigenvalue weighted by molar-refractivity contribution is -0.0165. The van der Waals surface area contributed by atoms with Crippen molar-refractivity contribution in [3.8, 4) is 11.5 Å². The van der Waals surface area contributed by atoms with Crippen molar-refractivity contribution < 1.29 is 9.47 Å². The summed E-state index contributed by atoms with van der Waals surface area (Å²) in [7, 11) is 1.68. The Hall–Kier alpha value is -2.79. The molecule has 130 valence electrons. The molecule has 5 heteroatoms. The molecule has 0 unspecified atom stereocenters. The van der Waals surface area contributed by atoms with Crippen LogP contribution in [0.1, 0.15) is 34.7 Å². The summed E-state index contributed by atoms with van der Waals surface area (Å²) in [4.78, 5) is 1.17. The summed E-state index contributed by atoms with van der Waals surface area (Å²) < 4.78 is 11.6. The molecule has 0 fully saturated rings. The number of rotatable bonds is 3. The van der Waals surface area contributed by atoms with Gasteiger partial charge in [-0.2, -0.15) is 5.10 Å². The Kier molecular flexibility index (Phi) is 3.68. The molecular weight excluding hydrogens is 344 g/mol. The minimum atomic E-state index is -0.175. The molecule has 5 rings (SSSR count). The van der Waals surface area contributed by atoms with E-state index >= 15 is 0 Å². The van der Waals surface area contributed by atoms with Crippen molar-refractivity contribution in [2.24, 2.45) is 5.10 Å². The number of hydrogen-bond acceptors (Lipinski definition) is 5. The van der Waals surface area contributed by atoms with Gasteiger partial charge in [0.1, 0.15) is 11.5 Å². The first-order valence-corrected chi connectivity index (χ1v) is 9.50. The lowest BCUT2D eigenvalue weighted by atomic mass is 9.96. The number of fused-ring (bicyclic) bond motifs is 3. The highest BCUT2D eigenvalue weighted by Crippen LogP contribution is 2.48. The fraction of sp³-hybridized carbons (Fsp3) is 0.190. The number of methoxy groups -OCH3 is 1. The zero-order chi connectivity index (χ0) is 17.5. The Balaban J connectivity index is 1.56. The Morgan fingerprint density at radius 3 is 2.69 bits per heavy atom. The van der Waals surface area contributed by atoms with Crippen LogP contribution in [-0.4, -0.2) is 17.8 Å². The molecule has 26 heavy (non-hydrogen) atoms. The van der Waals surface area contributed by atoms with E-state index in [1.165, 1.54) is 10.4 Å². The van der Waals surface area contributed by atoms with E-state index in [9.17, 15) is 0 Å². The molecule has 3 aromatic rings. The van der Waals surface area contributed by atoms with Crippen LogP contribution < -0.4 is 9.47 Å². The van der Waals surface area contributed by atoms with E-state index in [0.29, 0.717) is 0 Å². The van der Waals surface area contributed by atoms with E-state index in [2.05, 4.69) is 52.9 Å². The first-order chi connectivity index (χ1) is 12.8. The lowest BCUT2D eigenvalue weighted by Crippen LogP contribution is -2.33. The third-order valence-electron chi connectivity index (χ3n) is 4.91. The van der Waals surface area contributed by atoms with Crippen molar-refractivity contribution in [1.29, 1.82) is 0 Å². The normalized spacial score (nSPS) is 20.8. The van der Waals surface area contributed by atoms with Crippen LogP contribution in [0.4, 0.5) is 0 Å². The van der Waals surface area contributed by atoms with Gasteiger partial charge in [-0.3, -0.25) is 0 Å². The molecular formula is C21H18N2O2S. The van der Waals surface area contributed by atoms with Gasteiger partial charge in [0, 0.05) is 12.0 Å². The van der Waals surface area contributed by atoms with Gasteiger partial charge in [0.05, 0.1) is 23.7 Å². The standard InChI is InChI=1S/C21H18N2O2S/c1-24-15-10-8-14(9-11-15)17-13-18-16-5-2-3-6-19(16)25-21(23(18)22-17)20-7-4-12-26-20/h2-12,18,21H,13H2,1H3/t18-,21-/m0/s1. The maximum Gasteiger partial charge on any atom is 0.222 e. The molecule has 0 aliphatic carbocycles. The molecule has 0 amide bonds. The predicted octanol–water partition coefficient (Wildman–Crippen LogP) is 5.00. The molecule has 0 saturated heterocycles. The van der Waals surface area contributed by atoms with Gasteiger partial charge in [0.25, 0.3) is 0 Å². The van der Waals surface area contributed by atoms with Gasteiger partial charge >= 0.3 is 0 Å². The van der Waals surface area contributed by atoms with Gasteiger partial charge in [-0.05, 0) is 47.3 Å². The number of para-hydroxylation sites is 1. The van der Waals surface area contributed by atoms with Crippen molar-refractivity contribution in [3.05, 3.63) is 82.0 Å². The number of ether oxygens (including phenoxy) is 2. The van der Waals surface area contributed by atoms with E-state index in [1.807, 2.05) is 18.2 Å². The molecule has 2 aliphatic rings. The molecule has 0 spiro atoms. The summed E-state index contributed by atoms with van der Waals surface area (Å²) in [6, 6.07) is 20.8. The summed E-state index contributed by atoms with van der Waals surface area (Å²) in [5, 5.41) is 9.16. The van der Waals surface area contributed by atoms with Crippen molar-refractivity contribution in [3.63, 3.8) is 0 Å². The first-order valence-electron chi connectivity index (χ1n) is 8.63. The molecule has 2 aromatic carbocycles. The molecule has 1 aromatic heterocycles. The second-order valence-corrected chi connectivity index (χ2v) is 7.38. The van der Waals surface area contributed by atoms with Gasteiger partial charge in [0.2, 0.25) is 6.23 Å². The van der Waals surface area contributed by atoms with Gasteiger partial charge in [-0.25, -0.2) is 5.01 Å². The number of hydrogen-bond donors (Lipinski definition) is 0. The third kappa shape index (κ3) is 2.47. The summed E-state index contributed by atoms with van der Waals surface area (Å²) in [5.41, 5.74) is 3.41. The topological polar surface area (TPSA) is 34.1 Å². The zero-order valence-corrected chi connectivity index (χ0v) is 15.1. The van der Waals surface area contributed by atoms with E-state index in [-0.39, 0.29) is 12.3 Å². The number of hydrazone groups is 1. The second kappa shape index (κ2) is 6.18. The predicted molar refractivity (Wildman–Crippen MR) is 103 cm³/mol. The molecule has 2 atom stereocenters. The Bertz CT molecular complexity index is 950. The Morgan fingerprint density at radius 2 is 1.92 bits per heavy atom. The molecule has 4 nitrogen and oxygen atoms in total. The van der Waals surface area contributed by atoms with Crippen LogP contribution in [0.15, 0.2) is 71.1 Å². The SMILES string of the molecule is COc1ccc(C2=NN3[C@@H](C2)c2ccccc2O[C@H]3c2cccs2)cc1. The minimum absolute atomic E-state index is 0.175. The fourth-order valence-corrected chi connectivity index (χ4v) is 4.36. The average molecular weight is 362 g/mol. The van der Waals surface area contributed by atoms with Gasteiger partial charge in [0.15, 0.2) is 0 Å². The highest BCUT2D eigenvalue weighted by molar-refractivity contribution is 7.10. The van der Waals surface area contributed by atoms with Crippen LogP contribution in [0, 0.1) is 0 Å². The molecule has 3 heterocycles. The van der Waals surface area contributed by atoms with Gasteiger partial charge in [-0.15, -0.1) is 11.3 Å². The van der Waals surface area contributed by atoms with Crippen LogP contribution in [0.2, 0.25) is 0 Å². The fourth-order valence-electron chi connectivity index (χ4n) is 3.61. The van der Waals surface area contributed by atoms with E-state index in [4.69, 9.17) is 14.6 Å². The van der Waals surface area contributed by atoms with Gasteiger partial charge in [-0.1, -0.05) is 24.3 Å². The molecule has 0 radical (unpaired) electrons. The average Bonchev–Trinajstić information content (AvgIpc) is 3.37. The second-order valence-electron chi connectivity index (χ2n) is 6.40. The quantitative estimate of drug-likeness (QED) is 0.658. The van der Waals surface area contributed by atoms with Crippen LogP contribution in [0.25, 0.3) is 0 Å². The number of nitrogens with zero attached hydrogens (tertiary/aromatic N) is 2. The maximum absolute atomic E-state index is 6.32. The zero-order valence-electron chi connectivity index (χ0n) is 14.3. The first kappa shape index (κ1) is 15.5. The third-order valence-corrected chi connectivity index (χ3v) is 5.81. The summed E-state index contributed by atoms with van der Waals surface area (Å²) in [6.07, 6.45) is 0.694. The smallest absolute Gasteiger partial charge is 0.222 e. The summed E-state index contributed by atoms with van der Waals surface area (Å²) in [6.45, 7) is 0. The van der Waals surface area contributed by atoms with Crippen LogP contribution in [-0.2, 0) is 0 Å².